The molecule has 2 N–H and O–H groups in total. The molecule has 20 heavy (non-hydrogen) atoms. The third-order valence-electron chi connectivity index (χ3n) is 3.66. The fourth-order valence-corrected chi connectivity index (χ4v) is 2.56. The lowest BCUT2D eigenvalue weighted by Gasteiger charge is -2.23. The summed E-state index contributed by atoms with van der Waals surface area (Å²) in [4.78, 5) is 11.9. The molecule has 5 heteroatoms. The zero-order chi connectivity index (χ0) is 13.9. The van der Waals surface area contributed by atoms with Crippen LogP contribution < -0.4 is 5.32 Å². The molecule has 0 unspecified atom stereocenters. The molecule has 2 aromatic rings. The molecule has 3 rings (SSSR count). The molecule has 0 spiro atoms. The molecule has 0 aliphatic heterocycles. The minimum atomic E-state index is -0.0843. The normalized spacial score (nSPS) is 14.8. The molecule has 1 heterocycles. The second-order valence-electron chi connectivity index (χ2n) is 5.19. The first-order valence-electron chi connectivity index (χ1n) is 6.80. The Morgan fingerprint density at radius 3 is 2.95 bits per heavy atom. The van der Waals surface area contributed by atoms with E-state index >= 15 is 0 Å². The number of carbonyl (C=O) groups is 1. The number of hydrogen-bond donors (Lipinski definition) is 2. The van der Waals surface area contributed by atoms with Crippen molar-refractivity contribution in [2.75, 3.05) is 5.32 Å². The van der Waals surface area contributed by atoms with Crippen LogP contribution in [0.25, 0.3) is 0 Å². The van der Waals surface area contributed by atoms with Crippen LogP contribution in [0.2, 0.25) is 5.02 Å². The highest BCUT2D eigenvalue weighted by atomic mass is 35.5. The Morgan fingerprint density at radius 2 is 2.25 bits per heavy atom. The van der Waals surface area contributed by atoms with Gasteiger partial charge in [-0.15, -0.1) is 0 Å². The summed E-state index contributed by atoms with van der Waals surface area (Å²) in [6.45, 7) is 0. The van der Waals surface area contributed by atoms with E-state index in [1.807, 2.05) is 18.2 Å². The number of amides is 1. The average Bonchev–Trinajstić information content (AvgIpc) is 2.74. The summed E-state index contributed by atoms with van der Waals surface area (Å²) < 4.78 is 0. The van der Waals surface area contributed by atoms with Crippen LogP contribution in [0.5, 0.6) is 0 Å². The summed E-state index contributed by atoms with van der Waals surface area (Å²) in [5.41, 5.74) is 2.01. The van der Waals surface area contributed by atoms with E-state index in [4.69, 9.17) is 11.6 Å². The number of nitrogens with one attached hydrogen (secondary N) is 2. The average molecular weight is 290 g/mol. The highest BCUT2D eigenvalue weighted by Gasteiger charge is 2.21. The Labute approximate surface area is 122 Å². The third-order valence-corrected chi connectivity index (χ3v) is 3.90. The second kappa shape index (κ2) is 5.67. The smallest absolute Gasteiger partial charge is 0.229 e. The summed E-state index contributed by atoms with van der Waals surface area (Å²) in [7, 11) is 0. The number of rotatable bonds is 4. The number of benzene rings is 1. The van der Waals surface area contributed by atoms with Gasteiger partial charge in [0.2, 0.25) is 5.91 Å². The molecule has 4 nitrogen and oxygen atoms in total. The lowest BCUT2D eigenvalue weighted by molar-refractivity contribution is -0.115. The van der Waals surface area contributed by atoms with Crippen LogP contribution in [0.4, 0.5) is 5.82 Å². The van der Waals surface area contributed by atoms with E-state index in [-0.39, 0.29) is 5.91 Å². The molecular formula is C15H16ClN3O. The van der Waals surface area contributed by atoms with Crippen LogP contribution in [0.3, 0.4) is 0 Å². The maximum Gasteiger partial charge on any atom is 0.229 e. The second-order valence-corrected chi connectivity index (χ2v) is 5.63. The summed E-state index contributed by atoms with van der Waals surface area (Å²) >= 11 is 5.90. The van der Waals surface area contributed by atoms with E-state index < -0.39 is 0 Å². The number of aromatic amines is 1. The van der Waals surface area contributed by atoms with Crippen LogP contribution >= 0.6 is 11.6 Å². The highest BCUT2D eigenvalue weighted by molar-refractivity contribution is 6.30. The molecule has 1 saturated carbocycles. The van der Waals surface area contributed by atoms with Crippen LogP contribution in [-0.4, -0.2) is 16.1 Å². The Bertz CT molecular complexity index is 619. The maximum atomic E-state index is 11.9. The monoisotopic (exact) mass is 289 g/mol. The number of hydrogen-bond acceptors (Lipinski definition) is 2. The van der Waals surface area contributed by atoms with Gasteiger partial charge in [0, 0.05) is 22.7 Å². The van der Waals surface area contributed by atoms with E-state index in [1.54, 1.807) is 12.1 Å². The molecule has 1 aliphatic carbocycles. The lowest BCUT2D eigenvalue weighted by atomic mass is 9.83. The standard InChI is InChI=1S/C15H16ClN3O/c16-12-6-1-3-10(7-12)8-15(20)17-14-9-13(18-19-14)11-4-2-5-11/h1,3,6-7,9,11H,2,4-5,8H2,(H2,17,18,19,20). The summed E-state index contributed by atoms with van der Waals surface area (Å²) in [6.07, 6.45) is 3.99. The van der Waals surface area contributed by atoms with Gasteiger partial charge in [-0.1, -0.05) is 30.2 Å². The lowest BCUT2D eigenvalue weighted by Crippen LogP contribution is -2.14. The molecule has 1 aromatic carbocycles. The third kappa shape index (κ3) is 3.02. The van der Waals surface area contributed by atoms with Crippen molar-refractivity contribution in [3.05, 3.63) is 46.6 Å². The fraction of sp³-hybridized carbons (Fsp3) is 0.333. The number of H-pyrrole nitrogens is 1. The van der Waals surface area contributed by atoms with Gasteiger partial charge in [-0.05, 0) is 30.5 Å². The van der Waals surface area contributed by atoms with E-state index in [0.717, 1.165) is 11.3 Å². The summed E-state index contributed by atoms with van der Waals surface area (Å²) in [5.74, 6) is 1.10. The van der Waals surface area contributed by atoms with Crippen molar-refractivity contribution in [1.82, 2.24) is 10.2 Å². The van der Waals surface area contributed by atoms with Crippen molar-refractivity contribution in [2.24, 2.45) is 0 Å². The topological polar surface area (TPSA) is 57.8 Å². The first-order chi connectivity index (χ1) is 9.70. The van der Waals surface area contributed by atoms with Gasteiger partial charge in [-0.2, -0.15) is 5.10 Å². The molecule has 0 bridgehead atoms. The van der Waals surface area contributed by atoms with Crippen molar-refractivity contribution < 1.29 is 4.79 Å². The molecule has 0 saturated heterocycles. The van der Waals surface area contributed by atoms with Gasteiger partial charge < -0.3 is 5.32 Å². The fourth-order valence-electron chi connectivity index (χ4n) is 2.35. The van der Waals surface area contributed by atoms with Gasteiger partial charge in [-0.25, -0.2) is 0 Å². The van der Waals surface area contributed by atoms with E-state index in [0.29, 0.717) is 23.2 Å². The molecule has 1 fully saturated rings. The highest BCUT2D eigenvalue weighted by Crippen LogP contribution is 2.35. The van der Waals surface area contributed by atoms with E-state index in [9.17, 15) is 4.79 Å². The summed E-state index contributed by atoms with van der Waals surface area (Å²) in [6, 6.07) is 9.25. The van der Waals surface area contributed by atoms with Crippen LogP contribution in [0.15, 0.2) is 30.3 Å². The molecule has 1 aliphatic rings. The molecule has 1 amide bonds. The number of anilines is 1. The quantitative estimate of drug-likeness (QED) is 0.905. The Morgan fingerprint density at radius 1 is 1.40 bits per heavy atom. The molecule has 0 radical (unpaired) electrons. The molecular weight excluding hydrogens is 274 g/mol. The van der Waals surface area contributed by atoms with E-state index in [2.05, 4.69) is 15.5 Å². The summed E-state index contributed by atoms with van der Waals surface area (Å²) in [5, 5.41) is 10.6. The minimum Gasteiger partial charge on any atom is -0.309 e. The van der Waals surface area contributed by atoms with Gasteiger partial charge in [0.1, 0.15) is 0 Å². The van der Waals surface area contributed by atoms with E-state index in [1.165, 1.54) is 19.3 Å². The molecule has 1 aromatic heterocycles. The first-order valence-corrected chi connectivity index (χ1v) is 7.18. The zero-order valence-electron chi connectivity index (χ0n) is 11.0. The van der Waals surface area contributed by atoms with Crippen LogP contribution in [0, 0.1) is 0 Å². The molecule has 104 valence electrons. The van der Waals surface area contributed by atoms with Crippen molar-refractivity contribution >= 4 is 23.3 Å². The van der Waals surface area contributed by atoms with Gasteiger partial charge in [0.15, 0.2) is 5.82 Å². The number of carbonyl (C=O) groups excluding carboxylic acids is 1. The van der Waals surface area contributed by atoms with Crippen molar-refractivity contribution in [3.8, 4) is 0 Å². The van der Waals surface area contributed by atoms with Gasteiger partial charge in [-0.3, -0.25) is 9.89 Å². The number of halogens is 1. The first kappa shape index (κ1) is 13.2. The predicted molar refractivity (Wildman–Crippen MR) is 79.0 cm³/mol. The largest absolute Gasteiger partial charge is 0.309 e. The number of aromatic nitrogens is 2. The van der Waals surface area contributed by atoms with Crippen molar-refractivity contribution in [3.63, 3.8) is 0 Å². The predicted octanol–water partition coefficient (Wildman–Crippen LogP) is 3.51. The Kier molecular flexibility index (Phi) is 3.74. The van der Waals surface area contributed by atoms with Crippen molar-refractivity contribution in [1.29, 1.82) is 0 Å². The SMILES string of the molecule is O=C(Cc1cccc(Cl)c1)Nc1cc(C2CCC2)[nH]n1. The molecule has 0 atom stereocenters. The van der Waals surface area contributed by atoms with Crippen LogP contribution in [0.1, 0.15) is 36.4 Å². The van der Waals surface area contributed by atoms with Crippen molar-refractivity contribution in [2.45, 2.75) is 31.6 Å². The Hall–Kier alpha value is -1.81. The maximum absolute atomic E-state index is 11.9. The Balaban J connectivity index is 1.59. The van der Waals surface area contributed by atoms with Gasteiger partial charge in [0.05, 0.1) is 6.42 Å². The van der Waals surface area contributed by atoms with Crippen LogP contribution in [-0.2, 0) is 11.2 Å². The van der Waals surface area contributed by atoms with Gasteiger partial charge >= 0.3 is 0 Å². The zero-order valence-corrected chi connectivity index (χ0v) is 11.8. The minimum absolute atomic E-state index is 0.0843. The van der Waals surface area contributed by atoms with Gasteiger partial charge in [0.25, 0.3) is 0 Å². The number of nitrogens with zero attached hydrogens (tertiary/aromatic N) is 1.